The standard InChI is InChI=1S/C19H17BrFNO3/c20-15-3-7-17(8-4-15)25-19(24)14-9-11-22(12-10-14)18(23)13-1-5-16(21)6-2-13/h1-8,14H,9-12H2. The predicted molar refractivity (Wildman–Crippen MR) is 94.8 cm³/mol. The molecule has 1 aliphatic heterocycles. The highest BCUT2D eigenvalue weighted by Crippen LogP contribution is 2.23. The average molecular weight is 406 g/mol. The molecule has 0 unspecified atom stereocenters. The summed E-state index contributed by atoms with van der Waals surface area (Å²) in [6.07, 6.45) is 1.12. The van der Waals surface area contributed by atoms with Crippen LogP contribution in [0.1, 0.15) is 23.2 Å². The molecular formula is C19H17BrFNO3. The van der Waals surface area contributed by atoms with Crippen LogP contribution >= 0.6 is 15.9 Å². The first-order chi connectivity index (χ1) is 12.0. The molecule has 0 saturated carbocycles. The molecule has 1 aliphatic rings. The fourth-order valence-corrected chi connectivity index (χ4v) is 3.06. The van der Waals surface area contributed by atoms with Gasteiger partial charge in [-0.15, -0.1) is 0 Å². The van der Waals surface area contributed by atoms with Crippen molar-refractivity contribution in [3.8, 4) is 5.75 Å². The minimum atomic E-state index is -0.369. The molecule has 4 nitrogen and oxygen atoms in total. The quantitative estimate of drug-likeness (QED) is 0.571. The monoisotopic (exact) mass is 405 g/mol. The molecule has 2 aromatic carbocycles. The minimum Gasteiger partial charge on any atom is -0.426 e. The molecule has 0 bridgehead atoms. The van der Waals surface area contributed by atoms with Crippen molar-refractivity contribution in [1.82, 2.24) is 4.90 Å². The van der Waals surface area contributed by atoms with Crippen LogP contribution < -0.4 is 4.74 Å². The van der Waals surface area contributed by atoms with Crippen LogP contribution in [0.2, 0.25) is 0 Å². The van der Waals surface area contributed by atoms with Gasteiger partial charge >= 0.3 is 5.97 Å². The number of piperidine rings is 1. The zero-order valence-electron chi connectivity index (χ0n) is 13.5. The maximum Gasteiger partial charge on any atom is 0.314 e. The van der Waals surface area contributed by atoms with Crippen molar-refractivity contribution in [1.29, 1.82) is 0 Å². The molecular weight excluding hydrogens is 389 g/mol. The number of esters is 1. The summed E-state index contributed by atoms with van der Waals surface area (Å²) >= 11 is 3.33. The van der Waals surface area contributed by atoms with Crippen LogP contribution in [-0.2, 0) is 4.79 Å². The molecule has 0 radical (unpaired) electrons. The van der Waals surface area contributed by atoms with E-state index in [-0.39, 0.29) is 23.6 Å². The van der Waals surface area contributed by atoms with E-state index in [1.165, 1.54) is 24.3 Å². The highest BCUT2D eigenvalue weighted by molar-refractivity contribution is 9.10. The highest BCUT2D eigenvalue weighted by Gasteiger charge is 2.29. The number of nitrogens with zero attached hydrogens (tertiary/aromatic N) is 1. The van der Waals surface area contributed by atoms with Gasteiger partial charge in [0.15, 0.2) is 0 Å². The van der Waals surface area contributed by atoms with Crippen molar-refractivity contribution in [3.63, 3.8) is 0 Å². The number of ether oxygens (including phenoxy) is 1. The number of carbonyl (C=O) groups excluding carboxylic acids is 2. The van der Waals surface area contributed by atoms with E-state index in [0.717, 1.165) is 4.47 Å². The number of rotatable bonds is 3. The molecule has 1 heterocycles. The lowest BCUT2D eigenvalue weighted by molar-refractivity contribution is -0.140. The van der Waals surface area contributed by atoms with Gasteiger partial charge in [0.1, 0.15) is 11.6 Å². The Morgan fingerprint density at radius 3 is 2.20 bits per heavy atom. The molecule has 130 valence electrons. The van der Waals surface area contributed by atoms with E-state index < -0.39 is 0 Å². The lowest BCUT2D eigenvalue weighted by Crippen LogP contribution is -2.41. The minimum absolute atomic E-state index is 0.139. The van der Waals surface area contributed by atoms with Crippen LogP contribution in [0, 0.1) is 11.7 Å². The Hall–Kier alpha value is -2.21. The Kier molecular flexibility index (Phi) is 5.48. The molecule has 0 spiro atoms. The first kappa shape index (κ1) is 17.6. The maximum atomic E-state index is 13.0. The summed E-state index contributed by atoms with van der Waals surface area (Å²) in [6.45, 7) is 0.965. The normalized spacial score (nSPS) is 15.0. The predicted octanol–water partition coefficient (Wildman–Crippen LogP) is 4.05. The summed E-state index contributed by atoms with van der Waals surface area (Å²) in [4.78, 5) is 26.3. The third-order valence-electron chi connectivity index (χ3n) is 4.24. The van der Waals surface area contributed by atoms with Crippen molar-refractivity contribution in [2.75, 3.05) is 13.1 Å². The summed E-state index contributed by atoms with van der Waals surface area (Å²) in [5.41, 5.74) is 0.456. The van der Waals surface area contributed by atoms with Gasteiger partial charge < -0.3 is 9.64 Å². The molecule has 3 rings (SSSR count). The Balaban J connectivity index is 1.54. The number of carbonyl (C=O) groups is 2. The molecule has 0 aliphatic carbocycles. The Labute approximate surface area is 153 Å². The largest absolute Gasteiger partial charge is 0.426 e. The number of hydrogen-bond acceptors (Lipinski definition) is 3. The van der Waals surface area contributed by atoms with Crippen molar-refractivity contribution in [2.45, 2.75) is 12.8 Å². The van der Waals surface area contributed by atoms with Gasteiger partial charge in [0.25, 0.3) is 5.91 Å². The molecule has 0 atom stereocenters. The van der Waals surface area contributed by atoms with Crippen LogP contribution in [0.3, 0.4) is 0 Å². The van der Waals surface area contributed by atoms with Crippen LogP contribution in [0.5, 0.6) is 5.75 Å². The Morgan fingerprint density at radius 2 is 1.60 bits per heavy atom. The van der Waals surface area contributed by atoms with Crippen molar-refractivity contribution < 1.29 is 18.7 Å². The fraction of sp³-hybridized carbons (Fsp3) is 0.263. The topological polar surface area (TPSA) is 46.6 Å². The highest BCUT2D eigenvalue weighted by atomic mass is 79.9. The zero-order chi connectivity index (χ0) is 17.8. The third kappa shape index (κ3) is 4.45. The smallest absolute Gasteiger partial charge is 0.314 e. The number of likely N-dealkylation sites (tertiary alicyclic amines) is 1. The zero-order valence-corrected chi connectivity index (χ0v) is 15.0. The second-order valence-electron chi connectivity index (χ2n) is 5.95. The lowest BCUT2D eigenvalue weighted by atomic mass is 9.96. The number of benzene rings is 2. The maximum absolute atomic E-state index is 13.0. The van der Waals surface area contributed by atoms with Crippen molar-refractivity contribution in [3.05, 3.63) is 64.4 Å². The summed E-state index contributed by atoms with van der Waals surface area (Å²) in [6, 6.07) is 12.6. The molecule has 0 N–H and O–H groups in total. The number of hydrogen-bond donors (Lipinski definition) is 0. The third-order valence-corrected chi connectivity index (χ3v) is 4.77. The van der Waals surface area contributed by atoms with Gasteiger partial charge in [0.2, 0.25) is 0 Å². The fourth-order valence-electron chi connectivity index (χ4n) is 2.80. The lowest BCUT2D eigenvalue weighted by Gasteiger charge is -2.31. The van der Waals surface area contributed by atoms with E-state index in [0.29, 0.717) is 37.2 Å². The van der Waals surface area contributed by atoms with E-state index >= 15 is 0 Å². The van der Waals surface area contributed by atoms with Gasteiger partial charge in [-0.3, -0.25) is 9.59 Å². The van der Waals surface area contributed by atoms with Crippen LogP contribution in [-0.4, -0.2) is 29.9 Å². The summed E-state index contributed by atoms with van der Waals surface area (Å²) < 4.78 is 19.3. The molecule has 1 fully saturated rings. The van der Waals surface area contributed by atoms with Crippen LogP contribution in [0.15, 0.2) is 53.0 Å². The van der Waals surface area contributed by atoms with E-state index in [1.54, 1.807) is 17.0 Å². The molecule has 6 heteroatoms. The average Bonchev–Trinajstić information content (AvgIpc) is 2.64. The van der Waals surface area contributed by atoms with Crippen molar-refractivity contribution in [2.24, 2.45) is 5.92 Å². The first-order valence-electron chi connectivity index (χ1n) is 8.05. The molecule has 1 saturated heterocycles. The van der Waals surface area contributed by atoms with E-state index in [2.05, 4.69) is 15.9 Å². The Morgan fingerprint density at radius 1 is 1.00 bits per heavy atom. The Bertz CT molecular complexity index is 753. The summed E-state index contributed by atoms with van der Waals surface area (Å²) in [7, 11) is 0. The number of amides is 1. The van der Waals surface area contributed by atoms with E-state index in [4.69, 9.17) is 4.74 Å². The van der Waals surface area contributed by atoms with E-state index in [1.807, 2.05) is 12.1 Å². The van der Waals surface area contributed by atoms with Gasteiger partial charge in [-0.1, -0.05) is 15.9 Å². The molecule has 2 aromatic rings. The van der Waals surface area contributed by atoms with Crippen molar-refractivity contribution >= 4 is 27.8 Å². The van der Waals surface area contributed by atoms with Crippen LogP contribution in [0.25, 0.3) is 0 Å². The number of halogens is 2. The molecule has 25 heavy (non-hydrogen) atoms. The van der Waals surface area contributed by atoms with Gasteiger partial charge in [0.05, 0.1) is 5.92 Å². The summed E-state index contributed by atoms with van der Waals surface area (Å²) in [5, 5.41) is 0. The summed E-state index contributed by atoms with van der Waals surface area (Å²) in [5.74, 6) is -0.485. The second kappa shape index (κ2) is 7.78. The van der Waals surface area contributed by atoms with Gasteiger partial charge in [-0.05, 0) is 61.4 Å². The second-order valence-corrected chi connectivity index (χ2v) is 6.86. The van der Waals surface area contributed by atoms with Gasteiger partial charge in [-0.2, -0.15) is 0 Å². The van der Waals surface area contributed by atoms with Gasteiger partial charge in [-0.25, -0.2) is 4.39 Å². The SMILES string of the molecule is O=C(Oc1ccc(Br)cc1)C1CCN(C(=O)c2ccc(F)cc2)CC1. The molecule has 1 amide bonds. The molecule has 0 aromatic heterocycles. The van der Waals surface area contributed by atoms with Crippen LogP contribution in [0.4, 0.5) is 4.39 Å². The van der Waals surface area contributed by atoms with E-state index in [9.17, 15) is 14.0 Å². The van der Waals surface area contributed by atoms with Gasteiger partial charge in [0, 0.05) is 23.1 Å². The first-order valence-corrected chi connectivity index (χ1v) is 8.84.